The van der Waals surface area contributed by atoms with Crippen LogP contribution in [-0.4, -0.2) is 18.1 Å². The molecule has 0 saturated carbocycles. The second-order valence-corrected chi connectivity index (χ2v) is 4.51. The highest BCUT2D eigenvalue weighted by Crippen LogP contribution is 2.21. The van der Waals surface area contributed by atoms with Gasteiger partial charge in [0.25, 0.3) is 0 Å². The molecule has 0 fully saturated rings. The summed E-state index contributed by atoms with van der Waals surface area (Å²) >= 11 is 0. The number of nitrogens with one attached hydrogen (secondary N) is 1. The van der Waals surface area contributed by atoms with E-state index in [4.69, 9.17) is 5.73 Å². The average Bonchev–Trinajstić information content (AvgIpc) is 2.27. The second-order valence-electron chi connectivity index (χ2n) is 4.51. The molecule has 0 aliphatic rings. The first-order chi connectivity index (χ1) is 8.78. The molecular formula is C13H17F3N2O. The molecule has 1 aromatic rings. The molecule has 19 heavy (non-hydrogen) atoms. The highest BCUT2D eigenvalue weighted by atomic mass is 19.4. The van der Waals surface area contributed by atoms with Gasteiger partial charge in [-0.3, -0.25) is 4.79 Å². The molecule has 0 saturated heterocycles. The summed E-state index contributed by atoms with van der Waals surface area (Å²) in [4.78, 5) is 11.6. The maximum atomic E-state index is 12.1. The lowest BCUT2D eigenvalue weighted by Gasteiger charge is -2.17. The lowest BCUT2D eigenvalue weighted by molar-refractivity contribution is -0.141. The lowest BCUT2D eigenvalue weighted by Crippen LogP contribution is -2.37. The fourth-order valence-electron chi connectivity index (χ4n) is 1.75. The SMILES string of the molecule is CC(CC(F)(F)F)NC(=O)CC(N)c1ccccc1. The van der Waals surface area contributed by atoms with Crippen molar-refractivity contribution in [3.8, 4) is 0 Å². The van der Waals surface area contributed by atoms with Crippen molar-refractivity contribution in [2.24, 2.45) is 5.73 Å². The van der Waals surface area contributed by atoms with E-state index in [2.05, 4.69) is 5.32 Å². The summed E-state index contributed by atoms with van der Waals surface area (Å²) in [5.74, 6) is -0.479. The molecule has 3 nitrogen and oxygen atoms in total. The Balaban J connectivity index is 2.43. The molecule has 0 spiro atoms. The van der Waals surface area contributed by atoms with Crippen molar-refractivity contribution in [3.63, 3.8) is 0 Å². The summed E-state index contributed by atoms with van der Waals surface area (Å²) in [5, 5.41) is 2.30. The first kappa shape index (κ1) is 15.5. The van der Waals surface area contributed by atoms with Crippen LogP contribution in [0.2, 0.25) is 0 Å². The van der Waals surface area contributed by atoms with Gasteiger partial charge in [-0.05, 0) is 12.5 Å². The van der Waals surface area contributed by atoms with Crippen LogP contribution >= 0.6 is 0 Å². The van der Waals surface area contributed by atoms with Crippen molar-refractivity contribution >= 4 is 5.91 Å². The number of hydrogen-bond acceptors (Lipinski definition) is 2. The van der Waals surface area contributed by atoms with Crippen LogP contribution in [0.4, 0.5) is 13.2 Å². The van der Waals surface area contributed by atoms with E-state index in [-0.39, 0.29) is 6.42 Å². The Hall–Kier alpha value is -1.56. The molecule has 1 amide bonds. The Morgan fingerprint density at radius 1 is 1.32 bits per heavy atom. The van der Waals surface area contributed by atoms with Crippen LogP contribution < -0.4 is 11.1 Å². The summed E-state index contributed by atoms with van der Waals surface area (Å²) < 4.78 is 36.3. The average molecular weight is 274 g/mol. The van der Waals surface area contributed by atoms with Crippen molar-refractivity contribution in [1.82, 2.24) is 5.32 Å². The van der Waals surface area contributed by atoms with E-state index in [9.17, 15) is 18.0 Å². The van der Waals surface area contributed by atoms with E-state index in [1.165, 1.54) is 6.92 Å². The summed E-state index contributed by atoms with van der Waals surface area (Å²) in [6.07, 6.45) is -5.36. The van der Waals surface area contributed by atoms with E-state index in [1.807, 2.05) is 6.07 Å². The Labute approximate surface area is 110 Å². The van der Waals surface area contributed by atoms with Crippen LogP contribution in [0.1, 0.15) is 31.4 Å². The van der Waals surface area contributed by atoms with Crippen LogP contribution in [-0.2, 0) is 4.79 Å². The van der Waals surface area contributed by atoms with Gasteiger partial charge in [-0.2, -0.15) is 13.2 Å². The summed E-state index contributed by atoms with van der Waals surface area (Å²) in [5.41, 5.74) is 6.59. The largest absolute Gasteiger partial charge is 0.391 e. The standard InChI is InChI=1S/C13H17F3N2O/c1-9(8-13(14,15)16)18-12(19)7-11(17)10-5-3-2-4-6-10/h2-6,9,11H,7-8,17H2,1H3,(H,18,19). The Morgan fingerprint density at radius 2 is 1.89 bits per heavy atom. The van der Waals surface area contributed by atoms with Crippen LogP contribution in [0.5, 0.6) is 0 Å². The zero-order valence-corrected chi connectivity index (χ0v) is 10.6. The molecule has 0 aliphatic heterocycles. The van der Waals surface area contributed by atoms with E-state index in [1.54, 1.807) is 24.3 Å². The van der Waals surface area contributed by atoms with Gasteiger partial charge in [0, 0.05) is 18.5 Å². The molecule has 3 N–H and O–H groups in total. The van der Waals surface area contributed by atoms with Crippen molar-refractivity contribution < 1.29 is 18.0 Å². The number of nitrogens with two attached hydrogens (primary N) is 1. The topological polar surface area (TPSA) is 55.1 Å². The molecule has 1 aromatic carbocycles. The van der Waals surface area contributed by atoms with Crippen LogP contribution in [0.25, 0.3) is 0 Å². The van der Waals surface area contributed by atoms with E-state index < -0.39 is 30.6 Å². The number of rotatable bonds is 5. The van der Waals surface area contributed by atoms with Gasteiger partial charge in [0.15, 0.2) is 0 Å². The zero-order chi connectivity index (χ0) is 14.5. The molecular weight excluding hydrogens is 257 g/mol. The maximum Gasteiger partial charge on any atom is 0.391 e. The van der Waals surface area contributed by atoms with Crippen LogP contribution in [0.3, 0.4) is 0 Å². The van der Waals surface area contributed by atoms with Crippen molar-refractivity contribution in [3.05, 3.63) is 35.9 Å². The minimum absolute atomic E-state index is 0.0355. The first-order valence-corrected chi connectivity index (χ1v) is 5.94. The normalized spacial score (nSPS) is 14.8. The molecule has 0 radical (unpaired) electrons. The van der Waals surface area contributed by atoms with Gasteiger partial charge in [-0.1, -0.05) is 30.3 Å². The Morgan fingerprint density at radius 3 is 2.42 bits per heavy atom. The van der Waals surface area contributed by atoms with Crippen molar-refractivity contribution in [1.29, 1.82) is 0 Å². The van der Waals surface area contributed by atoms with Crippen molar-refractivity contribution in [2.45, 2.75) is 38.0 Å². The van der Waals surface area contributed by atoms with Gasteiger partial charge >= 0.3 is 6.18 Å². The fraction of sp³-hybridized carbons (Fsp3) is 0.462. The Bertz CT molecular complexity index is 406. The number of benzene rings is 1. The molecule has 0 bridgehead atoms. The Kier molecular flexibility index (Phi) is 5.35. The number of halogens is 3. The van der Waals surface area contributed by atoms with Gasteiger partial charge < -0.3 is 11.1 Å². The summed E-state index contributed by atoms with van der Waals surface area (Å²) in [7, 11) is 0. The minimum Gasteiger partial charge on any atom is -0.353 e. The zero-order valence-electron chi connectivity index (χ0n) is 10.6. The maximum absolute atomic E-state index is 12.1. The smallest absolute Gasteiger partial charge is 0.353 e. The van der Waals surface area contributed by atoms with Crippen molar-refractivity contribution in [2.75, 3.05) is 0 Å². The molecule has 2 atom stereocenters. The summed E-state index contributed by atoms with van der Waals surface area (Å²) in [6, 6.07) is 7.49. The quantitative estimate of drug-likeness (QED) is 0.867. The lowest BCUT2D eigenvalue weighted by atomic mass is 10.0. The first-order valence-electron chi connectivity index (χ1n) is 5.94. The highest BCUT2D eigenvalue weighted by molar-refractivity contribution is 5.77. The second kappa shape index (κ2) is 6.56. The number of carbonyl (C=O) groups is 1. The number of alkyl halides is 3. The number of carbonyl (C=O) groups excluding carboxylic acids is 1. The third-order valence-corrected chi connectivity index (χ3v) is 2.58. The van der Waals surface area contributed by atoms with Crippen LogP contribution in [0, 0.1) is 0 Å². The predicted molar refractivity (Wildman–Crippen MR) is 66.3 cm³/mol. The molecule has 0 heterocycles. The van der Waals surface area contributed by atoms with E-state index in [0.717, 1.165) is 5.56 Å². The van der Waals surface area contributed by atoms with Gasteiger partial charge in [0.05, 0.1) is 6.42 Å². The summed E-state index contributed by atoms with van der Waals surface area (Å²) in [6.45, 7) is 1.32. The number of amides is 1. The predicted octanol–water partition coefficient (Wildman–Crippen LogP) is 2.53. The highest BCUT2D eigenvalue weighted by Gasteiger charge is 2.30. The monoisotopic (exact) mass is 274 g/mol. The molecule has 2 unspecified atom stereocenters. The van der Waals surface area contributed by atoms with Crippen LogP contribution in [0.15, 0.2) is 30.3 Å². The van der Waals surface area contributed by atoms with Gasteiger partial charge in [-0.15, -0.1) is 0 Å². The van der Waals surface area contributed by atoms with E-state index >= 15 is 0 Å². The molecule has 0 aliphatic carbocycles. The van der Waals surface area contributed by atoms with Gasteiger partial charge in [0.2, 0.25) is 5.91 Å². The molecule has 106 valence electrons. The van der Waals surface area contributed by atoms with Gasteiger partial charge in [-0.25, -0.2) is 0 Å². The number of hydrogen-bond donors (Lipinski definition) is 2. The molecule has 6 heteroatoms. The van der Waals surface area contributed by atoms with E-state index in [0.29, 0.717) is 0 Å². The molecule has 0 aromatic heterocycles. The third-order valence-electron chi connectivity index (χ3n) is 2.58. The molecule has 1 rings (SSSR count). The van der Waals surface area contributed by atoms with Gasteiger partial charge in [0.1, 0.15) is 0 Å². The third kappa shape index (κ3) is 6.24. The minimum atomic E-state index is -4.28. The fourth-order valence-corrected chi connectivity index (χ4v) is 1.75.